The first-order chi connectivity index (χ1) is 8.08. The van der Waals surface area contributed by atoms with Gasteiger partial charge >= 0.3 is 6.03 Å². The van der Waals surface area contributed by atoms with E-state index in [4.69, 9.17) is 0 Å². The van der Waals surface area contributed by atoms with Crippen LogP contribution in [0.25, 0.3) is 0 Å². The lowest BCUT2D eigenvalue weighted by Gasteiger charge is -2.07. The highest BCUT2D eigenvalue weighted by molar-refractivity contribution is 6.04. The zero-order chi connectivity index (χ0) is 12.4. The van der Waals surface area contributed by atoms with Crippen LogP contribution >= 0.6 is 0 Å². The molecule has 88 valence electrons. The van der Waals surface area contributed by atoms with Gasteiger partial charge in [0.2, 0.25) is 0 Å². The SMILES string of the molecule is O=C1NC(=O)C(Cc2ccccc2[N+](=O)[O-])N1. The third-order valence-corrected chi connectivity index (χ3v) is 2.47. The van der Waals surface area contributed by atoms with Crippen LogP contribution in [0.4, 0.5) is 10.5 Å². The number of imide groups is 1. The van der Waals surface area contributed by atoms with Gasteiger partial charge < -0.3 is 5.32 Å². The number of hydrogen-bond acceptors (Lipinski definition) is 4. The lowest BCUT2D eigenvalue weighted by Crippen LogP contribution is -2.31. The van der Waals surface area contributed by atoms with E-state index in [1.165, 1.54) is 6.07 Å². The van der Waals surface area contributed by atoms with Crippen molar-refractivity contribution < 1.29 is 14.5 Å². The minimum absolute atomic E-state index is 0.0542. The van der Waals surface area contributed by atoms with Crippen LogP contribution in [0.2, 0.25) is 0 Å². The summed E-state index contributed by atoms with van der Waals surface area (Å²) in [7, 11) is 0. The second-order valence-corrected chi connectivity index (χ2v) is 3.61. The van der Waals surface area contributed by atoms with E-state index >= 15 is 0 Å². The third-order valence-electron chi connectivity index (χ3n) is 2.47. The Hall–Kier alpha value is -2.44. The number of nitro benzene ring substituents is 1. The Balaban J connectivity index is 2.22. The molecule has 17 heavy (non-hydrogen) atoms. The van der Waals surface area contributed by atoms with Crippen molar-refractivity contribution in [1.82, 2.24) is 10.6 Å². The quantitative estimate of drug-likeness (QED) is 0.448. The number of rotatable bonds is 3. The molecule has 1 unspecified atom stereocenters. The van der Waals surface area contributed by atoms with E-state index in [2.05, 4.69) is 10.6 Å². The van der Waals surface area contributed by atoms with E-state index in [-0.39, 0.29) is 12.1 Å². The van der Waals surface area contributed by atoms with Gasteiger partial charge in [-0.25, -0.2) is 4.79 Å². The average molecular weight is 235 g/mol. The van der Waals surface area contributed by atoms with Crippen molar-refractivity contribution in [3.05, 3.63) is 39.9 Å². The first-order valence-electron chi connectivity index (χ1n) is 4.91. The summed E-state index contributed by atoms with van der Waals surface area (Å²) >= 11 is 0. The zero-order valence-corrected chi connectivity index (χ0v) is 8.67. The molecule has 0 saturated carbocycles. The molecule has 1 aromatic rings. The van der Waals surface area contributed by atoms with Crippen LogP contribution < -0.4 is 10.6 Å². The molecule has 1 saturated heterocycles. The largest absolute Gasteiger partial charge is 0.326 e. The summed E-state index contributed by atoms with van der Waals surface area (Å²) in [6.45, 7) is 0. The number of carbonyl (C=O) groups is 2. The van der Waals surface area contributed by atoms with Gasteiger partial charge in [-0.3, -0.25) is 20.2 Å². The van der Waals surface area contributed by atoms with Crippen molar-refractivity contribution in [2.45, 2.75) is 12.5 Å². The number of amides is 3. The number of nitrogens with zero attached hydrogens (tertiary/aromatic N) is 1. The number of nitrogens with one attached hydrogen (secondary N) is 2. The lowest BCUT2D eigenvalue weighted by molar-refractivity contribution is -0.385. The molecule has 3 amide bonds. The number of carbonyl (C=O) groups excluding carboxylic acids is 2. The minimum atomic E-state index is -0.747. The van der Waals surface area contributed by atoms with Gasteiger partial charge in [-0.1, -0.05) is 18.2 Å². The van der Waals surface area contributed by atoms with E-state index in [0.29, 0.717) is 5.56 Å². The van der Waals surface area contributed by atoms with Crippen LogP contribution in [0, 0.1) is 10.1 Å². The van der Waals surface area contributed by atoms with Crippen LogP contribution in [-0.4, -0.2) is 22.9 Å². The standard InChI is InChI=1S/C10H9N3O4/c14-9-7(11-10(15)12-9)5-6-3-1-2-4-8(6)13(16)17/h1-4,7H,5H2,(H2,11,12,14,15). The monoisotopic (exact) mass is 235 g/mol. The number of benzene rings is 1. The maximum Gasteiger partial charge on any atom is 0.322 e. The molecule has 1 heterocycles. The fourth-order valence-corrected chi connectivity index (χ4v) is 1.68. The van der Waals surface area contributed by atoms with E-state index in [0.717, 1.165) is 0 Å². The maximum atomic E-state index is 11.3. The van der Waals surface area contributed by atoms with Crippen molar-refractivity contribution in [3.8, 4) is 0 Å². The van der Waals surface area contributed by atoms with Crippen LogP contribution in [0.3, 0.4) is 0 Å². The Morgan fingerprint density at radius 3 is 2.59 bits per heavy atom. The highest BCUT2D eigenvalue weighted by Crippen LogP contribution is 2.19. The molecule has 0 bridgehead atoms. The van der Waals surface area contributed by atoms with Gasteiger partial charge in [-0.2, -0.15) is 0 Å². The fourth-order valence-electron chi connectivity index (χ4n) is 1.68. The number of hydrogen-bond donors (Lipinski definition) is 2. The summed E-state index contributed by atoms with van der Waals surface area (Å²) < 4.78 is 0. The van der Waals surface area contributed by atoms with Crippen LogP contribution in [-0.2, 0) is 11.2 Å². The minimum Gasteiger partial charge on any atom is -0.326 e. The van der Waals surface area contributed by atoms with Gasteiger partial charge in [0.15, 0.2) is 0 Å². The molecule has 7 heteroatoms. The molecule has 1 aliphatic rings. The van der Waals surface area contributed by atoms with E-state index in [1.54, 1.807) is 18.2 Å². The summed E-state index contributed by atoms with van der Waals surface area (Å²) in [6.07, 6.45) is 0.106. The number of urea groups is 1. The van der Waals surface area contributed by atoms with Crippen LogP contribution in [0.15, 0.2) is 24.3 Å². The Bertz CT molecular complexity index is 500. The molecular formula is C10H9N3O4. The summed E-state index contributed by atoms with van der Waals surface area (Å²) in [5.41, 5.74) is 0.362. The molecule has 1 atom stereocenters. The first-order valence-corrected chi connectivity index (χ1v) is 4.91. The van der Waals surface area contributed by atoms with Gasteiger partial charge in [0.25, 0.3) is 11.6 Å². The summed E-state index contributed by atoms with van der Waals surface area (Å²) in [4.78, 5) is 32.5. The van der Waals surface area contributed by atoms with Crippen molar-refractivity contribution in [2.24, 2.45) is 0 Å². The molecule has 1 aromatic carbocycles. The third kappa shape index (κ3) is 2.22. The smallest absolute Gasteiger partial charge is 0.322 e. The topological polar surface area (TPSA) is 101 Å². The predicted molar refractivity (Wildman–Crippen MR) is 57.3 cm³/mol. The Kier molecular flexibility index (Phi) is 2.73. The van der Waals surface area contributed by atoms with E-state index in [1.807, 2.05) is 0 Å². The molecule has 1 aliphatic heterocycles. The number of nitro groups is 1. The van der Waals surface area contributed by atoms with Crippen molar-refractivity contribution in [3.63, 3.8) is 0 Å². The Morgan fingerprint density at radius 2 is 2.00 bits per heavy atom. The van der Waals surface area contributed by atoms with E-state index in [9.17, 15) is 19.7 Å². The molecule has 2 N–H and O–H groups in total. The first kappa shape index (κ1) is 11.1. The molecule has 0 spiro atoms. The Morgan fingerprint density at radius 1 is 1.29 bits per heavy atom. The number of para-hydroxylation sites is 1. The van der Waals surface area contributed by atoms with Gasteiger partial charge in [0.1, 0.15) is 6.04 Å². The highest BCUT2D eigenvalue weighted by Gasteiger charge is 2.31. The predicted octanol–water partition coefficient (Wildman–Crippen LogP) is 0.345. The zero-order valence-electron chi connectivity index (χ0n) is 8.67. The summed E-state index contributed by atoms with van der Waals surface area (Å²) in [6, 6.07) is 4.81. The molecule has 0 radical (unpaired) electrons. The van der Waals surface area contributed by atoms with Crippen LogP contribution in [0.1, 0.15) is 5.56 Å². The van der Waals surface area contributed by atoms with Crippen molar-refractivity contribution in [1.29, 1.82) is 0 Å². The molecule has 1 fully saturated rings. The van der Waals surface area contributed by atoms with Crippen molar-refractivity contribution in [2.75, 3.05) is 0 Å². The summed E-state index contributed by atoms with van der Waals surface area (Å²) in [5, 5.41) is 15.2. The molecule has 2 rings (SSSR count). The molecular weight excluding hydrogens is 226 g/mol. The van der Waals surface area contributed by atoms with Crippen LogP contribution in [0.5, 0.6) is 0 Å². The highest BCUT2D eigenvalue weighted by atomic mass is 16.6. The molecule has 0 aromatic heterocycles. The Labute approximate surface area is 96.0 Å². The van der Waals surface area contributed by atoms with Gasteiger partial charge in [0.05, 0.1) is 4.92 Å². The average Bonchev–Trinajstić information content (AvgIpc) is 2.58. The van der Waals surface area contributed by atoms with Gasteiger partial charge in [-0.15, -0.1) is 0 Å². The van der Waals surface area contributed by atoms with Gasteiger partial charge in [-0.05, 0) is 0 Å². The fraction of sp³-hybridized carbons (Fsp3) is 0.200. The van der Waals surface area contributed by atoms with Gasteiger partial charge in [0, 0.05) is 18.1 Å². The maximum absolute atomic E-state index is 11.3. The normalized spacial score (nSPS) is 18.7. The van der Waals surface area contributed by atoms with Crippen molar-refractivity contribution >= 4 is 17.6 Å². The second kappa shape index (κ2) is 4.20. The molecule has 0 aliphatic carbocycles. The second-order valence-electron chi connectivity index (χ2n) is 3.61. The van der Waals surface area contributed by atoms with E-state index < -0.39 is 22.9 Å². The summed E-state index contributed by atoms with van der Waals surface area (Å²) in [5.74, 6) is -0.465. The molecule has 7 nitrogen and oxygen atoms in total. The lowest BCUT2D eigenvalue weighted by atomic mass is 10.0.